The van der Waals surface area contributed by atoms with Crippen LogP contribution in [0.25, 0.3) is 0 Å². The summed E-state index contributed by atoms with van der Waals surface area (Å²) >= 11 is 0. The van der Waals surface area contributed by atoms with Crippen molar-refractivity contribution in [2.45, 2.75) is 38.9 Å². The summed E-state index contributed by atoms with van der Waals surface area (Å²) in [5.41, 5.74) is -0.874. The van der Waals surface area contributed by atoms with Crippen LogP contribution >= 0.6 is 0 Å². The van der Waals surface area contributed by atoms with E-state index < -0.39 is 24.3 Å². The smallest absolute Gasteiger partial charge is 0.464 e. The van der Waals surface area contributed by atoms with E-state index in [1.54, 1.807) is 0 Å². The Morgan fingerprint density at radius 2 is 1.75 bits per heavy atom. The standard InChI is InChI=1S/C13H18BNO5/c1-12(2)13(3,4)20-14(19-12)10-7-8(16)6-9(15-10)11(17)18-5/h6-7H,1-5H3,(H,15,16). The van der Waals surface area contributed by atoms with Gasteiger partial charge in [-0.25, -0.2) is 4.79 Å². The lowest BCUT2D eigenvalue weighted by molar-refractivity contribution is 0.00578. The highest BCUT2D eigenvalue weighted by molar-refractivity contribution is 6.61. The number of nitrogens with one attached hydrogen (secondary N) is 1. The van der Waals surface area contributed by atoms with Crippen LogP contribution in [0.3, 0.4) is 0 Å². The molecule has 0 aromatic carbocycles. The number of aromatic nitrogens is 1. The minimum absolute atomic E-state index is 0.0738. The third kappa shape index (κ3) is 2.51. The zero-order chi connectivity index (χ0) is 15.1. The van der Waals surface area contributed by atoms with Gasteiger partial charge in [0.25, 0.3) is 0 Å². The molecule has 0 atom stereocenters. The highest BCUT2D eigenvalue weighted by atomic mass is 16.7. The van der Waals surface area contributed by atoms with Gasteiger partial charge in [0, 0.05) is 17.7 Å². The van der Waals surface area contributed by atoms with Crippen molar-refractivity contribution in [1.29, 1.82) is 0 Å². The van der Waals surface area contributed by atoms with E-state index in [-0.39, 0.29) is 11.1 Å². The van der Waals surface area contributed by atoms with Crippen molar-refractivity contribution in [3.8, 4) is 0 Å². The zero-order valence-electron chi connectivity index (χ0n) is 12.3. The molecule has 7 heteroatoms. The summed E-state index contributed by atoms with van der Waals surface area (Å²) in [6.45, 7) is 7.65. The number of rotatable bonds is 2. The van der Waals surface area contributed by atoms with Gasteiger partial charge in [0.2, 0.25) is 0 Å². The highest BCUT2D eigenvalue weighted by Gasteiger charge is 2.52. The molecule has 1 fully saturated rings. The molecule has 1 aromatic rings. The van der Waals surface area contributed by atoms with Gasteiger partial charge in [-0.15, -0.1) is 0 Å². The number of aromatic amines is 1. The second kappa shape index (κ2) is 4.75. The maximum atomic E-state index is 11.7. The fraction of sp³-hybridized carbons (Fsp3) is 0.538. The van der Waals surface area contributed by atoms with Crippen molar-refractivity contribution in [2.24, 2.45) is 0 Å². The summed E-state index contributed by atoms with van der Waals surface area (Å²) in [6, 6.07) is 2.54. The predicted molar refractivity (Wildman–Crippen MR) is 74.1 cm³/mol. The first-order valence-electron chi connectivity index (χ1n) is 6.34. The third-order valence-electron chi connectivity index (χ3n) is 3.78. The molecule has 0 amide bonds. The van der Waals surface area contributed by atoms with Gasteiger partial charge in [0.15, 0.2) is 5.43 Å². The number of ether oxygens (including phenoxy) is 1. The quantitative estimate of drug-likeness (QED) is 0.628. The molecule has 1 saturated heterocycles. The van der Waals surface area contributed by atoms with E-state index in [4.69, 9.17) is 9.31 Å². The van der Waals surface area contributed by atoms with Gasteiger partial charge in [-0.05, 0) is 27.7 Å². The molecule has 1 aliphatic heterocycles. The number of hydrogen-bond acceptors (Lipinski definition) is 5. The van der Waals surface area contributed by atoms with Gasteiger partial charge in [-0.3, -0.25) is 4.79 Å². The van der Waals surface area contributed by atoms with Gasteiger partial charge < -0.3 is 19.0 Å². The summed E-state index contributed by atoms with van der Waals surface area (Å²) in [6.07, 6.45) is 0. The Balaban J connectivity index is 2.38. The first kappa shape index (κ1) is 14.8. The van der Waals surface area contributed by atoms with Gasteiger partial charge in [0.1, 0.15) is 5.69 Å². The van der Waals surface area contributed by atoms with Crippen molar-refractivity contribution < 1.29 is 18.8 Å². The van der Waals surface area contributed by atoms with Crippen molar-refractivity contribution >= 4 is 18.7 Å². The molecule has 2 rings (SSSR count). The SMILES string of the molecule is COC(=O)c1cc(=O)cc(B2OC(C)(C)C(C)(C)O2)[nH]1. The number of hydrogen-bond donors (Lipinski definition) is 1. The van der Waals surface area contributed by atoms with E-state index in [0.717, 1.165) is 0 Å². The van der Waals surface area contributed by atoms with Crippen molar-refractivity contribution in [2.75, 3.05) is 7.11 Å². The Kier molecular flexibility index (Phi) is 3.52. The third-order valence-corrected chi connectivity index (χ3v) is 3.78. The van der Waals surface area contributed by atoms with Crippen LogP contribution in [0.5, 0.6) is 0 Å². The van der Waals surface area contributed by atoms with Crippen molar-refractivity contribution in [3.63, 3.8) is 0 Å². The fourth-order valence-electron chi connectivity index (χ4n) is 1.88. The normalized spacial score (nSPS) is 19.9. The van der Waals surface area contributed by atoms with Gasteiger partial charge >= 0.3 is 13.1 Å². The highest BCUT2D eigenvalue weighted by Crippen LogP contribution is 2.36. The number of methoxy groups -OCH3 is 1. The maximum Gasteiger partial charge on any atom is 0.512 e. The molecule has 0 bridgehead atoms. The molecule has 0 unspecified atom stereocenters. The van der Waals surface area contributed by atoms with Crippen LogP contribution in [0.15, 0.2) is 16.9 Å². The molecule has 6 nitrogen and oxygen atoms in total. The minimum Gasteiger partial charge on any atom is -0.464 e. The monoisotopic (exact) mass is 279 g/mol. The lowest BCUT2D eigenvalue weighted by Gasteiger charge is -2.32. The van der Waals surface area contributed by atoms with Gasteiger partial charge in [0.05, 0.1) is 18.3 Å². The molecular formula is C13H18BNO5. The molecule has 1 aromatic heterocycles. The molecule has 1 N–H and O–H groups in total. The minimum atomic E-state index is -0.725. The van der Waals surface area contributed by atoms with E-state index in [0.29, 0.717) is 5.59 Å². The number of pyridine rings is 1. The molecule has 0 spiro atoms. The summed E-state index contributed by atoms with van der Waals surface area (Å²) < 4.78 is 16.3. The molecular weight excluding hydrogens is 261 g/mol. The topological polar surface area (TPSA) is 77.6 Å². The average Bonchev–Trinajstić information content (AvgIpc) is 2.57. The molecule has 0 saturated carbocycles. The number of H-pyrrole nitrogens is 1. The summed E-state index contributed by atoms with van der Waals surface area (Å²) in [5, 5.41) is 0. The number of carbonyl (C=O) groups excluding carboxylic acids is 1. The molecule has 108 valence electrons. The lowest BCUT2D eigenvalue weighted by atomic mass is 9.84. The summed E-state index contributed by atoms with van der Waals surface area (Å²) in [5.74, 6) is -0.611. The van der Waals surface area contributed by atoms with E-state index in [9.17, 15) is 9.59 Å². The van der Waals surface area contributed by atoms with Crippen LogP contribution in [0.2, 0.25) is 0 Å². The van der Waals surface area contributed by atoms with E-state index in [2.05, 4.69) is 9.72 Å². The Morgan fingerprint density at radius 3 is 2.25 bits per heavy atom. The van der Waals surface area contributed by atoms with Gasteiger partial charge in [-0.2, -0.15) is 0 Å². The largest absolute Gasteiger partial charge is 0.512 e. The van der Waals surface area contributed by atoms with Crippen LogP contribution in [0, 0.1) is 0 Å². The van der Waals surface area contributed by atoms with Crippen LogP contribution in [0.4, 0.5) is 0 Å². The molecule has 0 aliphatic carbocycles. The number of carbonyl (C=O) groups is 1. The first-order chi connectivity index (χ1) is 9.16. The summed E-state index contributed by atoms with van der Waals surface area (Å²) in [7, 11) is 0.527. The van der Waals surface area contributed by atoms with Crippen LogP contribution in [0.1, 0.15) is 38.2 Å². The Bertz CT molecular complexity index is 577. The second-order valence-corrected chi connectivity index (χ2v) is 5.76. The van der Waals surface area contributed by atoms with E-state index in [1.807, 2.05) is 27.7 Å². The summed E-state index contributed by atoms with van der Waals surface area (Å²) in [4.78, 5) is 26.0. The molecule has 20 heavy (non-hydrogen) atoms. The molecule has 0 radical (unpaired) electrons. The Labute approximate surface area is 117 Å². The van der Waals surface area contributed by atoms with Crippen molar-refractivity contribution in [3.05, 3.63) is 28.0 Å². The first-order valence-corrected chi connectivity index (χ1v) is 6.34. The Hall–Kier alpha value is -1.60. The Morgan fingerprint density at radius 1 is 1.20 bits per heavy atom. The van der Waals surface area contributed by atoms with Crippen molar-refractivity contribution in [1.82, 2.24) is 4.98 Å². The average molecular weight is 279 g/mol. The van der Waals surface area contributed by atoms with E-state index >= 15 is 0 Å². The second-order valence-electron chi connectivity index (χ2n) is 5.76. The molecule has 2 heterocycles. The number of esters is 1. The maximum absolute atomic E-state index is 11.7. The fourth-order valence-corrected chi connectivity index (χ4v) is 1.88. The lowest BCUT2D eigenvalue weighted by Crippen LogP contribution is -2.41. The van der Waals surface area contributed by atoms with E-state index in [1.165, 1.54) is 19.2 Å². The zero-order valence-corrected chi connectivity index (χ0v) is 12.3. The van der Waals surface area contributed by atoms with Crippen LogP contribution in [-0.2, 0) is 14.0 Å². The van der Waals surface area contributed by atoms with Crippen LogP contribution in [-0.4, -0.2) is 36.4 Å². The van der Waals surface area contributed by atoms with Crippen LogP contribution < -0.4 is 11.0 Å². The molecule has 1 aliphatic rings. The predicted octanol–water partition coefficient (Wildman–Crippen LogP) is 0.461. The van der Waals surface area contributed by atoms with Gasteiger partial charge in [-0.1, -0.05) is 0 Å².